The minimum absolute atomic E-state index is 0.583. The van der Waals surface area contributed by atoms with Crippen molar-refractivity contribution in [3.63, 3.8) is 0 Å². The van der Waals surface area contributed by atoms with E-state index in [9.17, 15) is 0 Å². The van der Waals surface area contributed by atoms with E-state index in [0.717, 1.165) is 16.7 Å². The van der Waals surface area contributed by atoms with Crippen molar-refractivity contribution in [3.8, 4) is 5.88 Å². The molecule has 0 saturated carbocycles. The maximum Gasteiger partial charge on any atom is 0.259 e. The Kier molecular flexibility index (Phi) is 3.43. The fourth-order valence-electron chi connectivity index (χ4n) is 1.36. The van der Waals surface area contributed by atoms with Crippen molar-refractivity contribution in [1.82, 2.24) is 14.4 Å². The van der Waals surface area contributed by atoms with E-state index in [1.807, 2.05) is 16.8 Å². The lowest BCUT2D eigenvalue weighted by atomic mass is 10.1. The van der Waals surface area contributed by atoms with Crippen LogP contribution >= 0.6 is 15.9 Å². The molecule has 0 fully saturated rings. The van der Waals surface area contributed by atoms with E-state index in [2.05, 4.69) is 39.7 Å². The summed E-state index contributed by atoms with van der Waals surface area (Å²) in [5.74, 6) is 1.21. The third-order valence-corrected chi connectivity index (χ3v) is 2.63. The molecular weight excluding hydrogens is 270 g/mol. The number of halogens is 1. The van der Waals surface area contributed by atoms with Crippen molar-refractivity contribution >= 4 is 21.6 Å². The zero-order chi connectivity index (χ0) is 11.5. The first-order valence-corrected chi connectivity index (χ1v) is 6.08. The summed E-state index contributed by atoms with van der Waals surface area (Å²) >= 11 is 3.35. The van der Waals surface area contributed by atoms with Gasteiger partial charge >= 0.3 is 0 Å². The zero-order valence-electron chi connectivity index (χ0n) is 9.35. The number of aromatic nitrogens is 3. The molecule has 0 unspecified atom stereocenters. The number of hydrogen-bond acceptors (Lipinski definition) is 3. The molecule has 0 atom stereocenters. The minimum atomic E-state index is 0.583. The van der Waals surface area contributed by atoms with Crippen molar-refractivity contribution < 1.29 is 4.74 Å². The fraction of sp³-hybridized carbons (Fsp3) is 0.455. The second-order valence-electron chi connectivity index (χ2n) is 4.06. The quantitative estimate of drug-likeness (QED) is 0.866. The predicted octanol–water partition coefficient (Wildman–Crippen LogP) is 2.92. The van der Waals surface area contributed by atoms with Gasteiger partial charge in [-0.05, 0) is 28.3 Å². The van der Waals surface area contributed by atoms with Gasteiger partial charge in [0.15, 0.2) is 0 Å². The number of rotatable bonds is 4. The zero-order valence-corrected chi connectivity index (χ0v) is 10.9. The number of hydrogen-bond donors (Lipinski definition) is 0. The lowest BCUT2D eigenvalue weighted by Crippen LogP contribution is -2.04. The summed E-state index contributed by atoms with van der Waals surface area (Å²) in [5.41, 5.74) is 0.756. The third-order valence-electron chi connectivity index (χ3n) is 2.25. The summed E-state index contributed by atoms with van der Waals surface area (Å²) in [6, 6.07) is 0. The molecule has 0 bridgehead atoms. The summed E-state index contributed by atoms with van der Waals surface area (Å²) in [5, 5.41) is 0. The Morgan fingerprint density at radius 2 is 2.31 bits per heavy atom. The molecule has 0 aliphatic heterocycles. The van der Waals surface area contributed by atoms with E-state index in [0.29, 0.717) is 18.4 Å². The maximum atomic E-state index is 5.64. The van der Waals surface area contributed by atoms with Gasteiger partial charge < -0.3 is 4.74 Å². The topological polar surface area (TPSA) is 39.4 Å². The second kappa shape index (κ2) is 4.82. The Hall–Kier alpha value is -1.10. The normalized spacial score (nSPS) is 11.2. The van der Waals surface area contributed by atoms with Crippen LogP contribution in [0.25, 0.3) is 5.65 Å². The van der Waals surface area contributed by atoms with Crippen LogP contribution in [0.2, 0.25) is 0 Å². The van der Waals surface area contributed by atoms with Crippen LogP contribution < -0.4 is 4.74 Å². The van der Waals surface area contributed by atoms with E-state index in [4.69, 9.17) is 4.74 Å². The van der Waals surface area contributed by atoms with Crippen LogP contribution in [0.3, 0.4) is 0 Å². The Morgan fingerprint density at radius 3 is 3.06 bits per heavy atom. The molecule has 0 amide bonds. The van der Waals surface area contributed by atoms with Gasteiger partial charge in [-0.2, -0.15) is 0 Å². The van der Waals surface area contributed by atoms with Gasteiger partial charge in [0, 0.05) is 18.6 Å². The highest BCUT2D eigenvalue weighted by molar-refractivity contribution is 9.10. The molecule has 86 valence electrons. The Balaban J connectivity index is 2.19. The molecule has 2 aromatic heterocycles. The SMILES string of the molecule is CC(C)CCOc1nc(Br)cn2ccnc12. The molecule has 0 aliphatic rings. The van der Waals surface area contributed by atoms with Gasteiger partial charge in [-0.1, -0.05) is 13.8 Å². The molecule has 0 N–H and O–H groups in total. The molecule has 0 aliphatic carbocycles. The molecule has 0 saturated heterocycles. The average Bonchev–Trinajstić information content (AvgIpc) is 2.64. The van der Waals surface area contributed by atoms with Gasteiger partial charge in [0.1, 0.15) is 4.60 Å². The van der Waals surface area contributed by atoms with Gasteiger partial charge in [-0.25, -0.2) is 9.97 Å². The van der Waals surface area contributed by atoms with Crippen LogP contribution in [0, 0.1) is 5.92 Å². The van der Waals surface area contributed by atoms with Gasteiger partial charge in [0.25, 0.3) is 5.88 Å². The van der Waals surface area contributed by atoms with E-state index in [1.54, 1.807) is 6.20 Å². The summed E-state index contributed by atoms with van der Waals surface area (Å²) in [6.07, 6.45) is 6.48. The molecule has 16 heavy (non-hydrogen) atoms. The molecule has 2 heterocycles. The summed E-state index contributed by atoms with van der Waals surface area (Å²) in [4.78, 5) is 8.49. The lowest BCUT2D eigenvalue weighted by Gasteiger charge is -2.08. The number of ether oxygens (including phenoxy) is 1. The van der Waals surface area contributed by atoms with Crippen molar-refractivity contribution in [3.05, 3.63) is 23.2 Å². The molecule has 0 spiro atoms. The average molecular weight is 284 g/mol. The summed E-state index contributed by atoms with van der Waals surface area (Å²) < 4.78 is 8.28. The first-order valence-electron chi connectivity index (χ1n) is 5.29. The number of nitrogens with zero attached hydrogens (tertiary/aromatic N) is 3. The molecule has 2 rings (SSSR count). The first-order chi connectivity index (χ1) is 7.66. The van der Waals surface area contributed by atoms with Crippen molar-refractivity contribution in [1.29, 1.82) is 0 Å². The highest BCUT2D eigenvalue weighted by Crippen LogP contribution is 2.19. The lowest BCUT2D eigenvalue weighted by molar-refractivity contribution is 0.280. The second-order valence-corrected chi connectivity index (χ2v) is 4.87. The fourth-order valence-corrected chi connectivity index (χ4v) is 1.74. The summed E-state index contributed by atoms with van der Waals surface area (Å²) in [6.45, 7) is 5.01. The molecular formula is C11H14BrN3O. The van der Waals surface area contributed by atoms with Crippen molar-refractivity contribution in [2.45, 2.75) is 20.3 Å². The Bertz CT molecular complexity index is 481. The molecule has 0 aromatic carbocycles. The first kappa shape index (κ1) is 11.4. The van der Waals surface area contributed by atoms with Crippen molar-refractivity contribution in [2.24, 2.45) is 5.92 Å². The Morgan fingerprint density at radius 1 is 1.50 bits per heavy atom. The molecule has 2 aromatic rings. The largest absolute Gasteiger partial charge is 0.475 e. The predicted molar refractivity (Wildman–Crippen MR) is 65.6 cm³/mol. The van der Waals surface area contributed by atoms with Gasteiger partial charge in [-0.15, -0.1) is 0 Å². The van der Waals surface area contributed by atoms with Crippen LogP contribution in [0.15, 0.2) is 23.2 Å². The van der Waals surface area contributed by atoms with Gasteiger partial charge in [0.05, 0.1) is 6.61 Å². The maximum absolute atomic E-state index is 5.64. The highest BCUT2D eigenvalue weighted by Gasteiger charge is 2.07. The van der Waals surface area contributed by atoms with Crippen LogP contribution in [-0.4, -0.2) is 21.0 Å². The molecule has 5 heteroatoms. The van der Waals surface area contributed by atoms with E-state index >= 15 is 0 Å². The van der Waals surface area contributed by atoms with E-state index < -0.39 is 0 Å². The van der Waals surface area contributed by atoms with Crippen LogP contribution in [-0.2, 0) is 0 Å². The summed E-state index contributed by atoms with van der Waals surface area (Å²) in [7, 11) is 0. The van der Waals surface area contributed by atoms with E-state index in [-0.39, 0.29) is 0 Å². The van der Waals surface area contributed by atoms with Crippen molar-refractivity contribution in [2.75, 3.05) is 6.61 Å². The molecule has 4 nitrogen and oxygen atoms in total. The smallest absolute Gasteiger partial charge is 0.259 e. The molecule has 0 radical (unpaired) electrons. The van der Waals surface area contributed by atoms with Gasteiger partial charge in [-0.3, -0.25) is 4.40 Å². The number of imidazole rings is 1. The third kappa shape index (κ3) is 2.52. The minimum Gasteiger partial charge on any atom is -0.475 e. The monoisotopic (exact) mass is 283 g/mol. The standard InChI is InChI=1S/C11H14BrN3O/c1-8(2)3-6-16-11-10-13-4-5-15(10)7-9(12)14-11/h4-5,7-8H,3,6H2,1-2H3. The Labute approximate surface area is 103 Å². The highest BCUT2D eigenvalue weighted by atomic mass is 79.9. The van der Waals surface area contributed by atoms with Crippen LogP contribution in [0.1, 0.15) is 20.3 Å². The van der Waals surface area contributed by atoms with Crippen LogP contribution in [0.4, 0.5) is 0 Å². The number of fused-ring (bicyclic) bond motifs is 1. The van der Waals surface area contributed by atoms with E-state index in [1.165, 1.54) is 0 Å². The van der Waals surface area contributed by atoms with Gasteiger partial charge in [0.2, 0.25) is 5.65 Å². The van der Waals surface area contributed by atoms with Crippen LogP contribution in [0.5, 0.6) is 5.88 Å².